The van der Waals surface area contributed by atoms with Gasteiger partial charge >= 0.3 is 0 Å². The summed E-state index contributed by atoms with van der Waals surface area (Å²) in [7, 11) is 1.54. The molecule has 1 saturated carbocycles. The lowest BCUT2D eigenvalue weighted by molar-refractivity contribution is -0.145. The Morgan fingerprint density at radius 1 is 1.18 bits per heavy atom. The minimum Gasteiger partial charge on any atom is -0.383 e. The molecule has 2 N–H and O–H groups in total. The molecule has 0 spiro atoms. The molecule has 34 heavy (non-hydrogen) atoms. The predicted molar refractivity (Wildman–Crippen MR) is 128 cm³/mol. The van der Waals surface area contributed by atoms with Gasteiger partial charge in [-0.3, -0.25) is 14.4 Å². The molecule has 1 aliphatic rings. The number of benzene rings is 1. The van der Waals surface area contributed by atoms with Gasteiger partial charge in [-0.1, -0.05) is 31.4 Å². The minimum atomic E-state index is -0.921. The molecule has 3 rings (SSSR count). The van der Waals surface area contributed by atoms with Crippen molar-refractivity contribution in [3.8, 4) is 0 Å². The van der Waals surface area contributed by atoms with Gasteiger partial charge in [0.2, 0.25) is 17.7 Å². The average Bonchev–Trinajstić information content (AvgIpc) is 3.35. The highest BCUT2D eigenvalue weighted by molar-refractivity contribution is 7.13. The molecule has 1 atom stereocenters. The number of halogens is 1. The summed E-state index contributed by atoms with van der Waals surface area (Å²) in [5.74, 6) is -1.36. The Morgan fingerprint density at radius 2 is 1.91 bits per heavy atom. The van der Waals surface area contributed by atoms with Crippen LogP contribution in [0.4, 0.5) is 9.52 Å². The number of amides is 3. The highest BCUT2D eigenvalue weighted by atomic mass is 32.1. The van der Waals surface area contributed by atoms with Gasteiger partial charge in [-0.2, -0.15) is 0 Å². The highest BCUT2D eigenvalue weighted by Crippen LogP contribution is 2.32. The molecule has 1 fully saturated rings. The normalized spacial score (nSPS) is 14.9. The summed E-state index contributed by atoms with van der Waals surface area (Å²) in [6.07, 6.45) is 6.07. The zero-order valence-corrected chi connectivity index (χ0v) is 20.1. The lowest BCUT2D eigenvalue weighted by atomic mass is 9.91. The molecule has 0 saturated heterocycles. The number of ether oxygens (including phenoxy) is 1. The third kappa shape index (κ3) is 7.33. The first-order chi connectivity index (χ1) is 16.5. The van der Waals surface area contributed by atoms with E-state index in [1.807, 2.05) is 0 Å². The molecule has 1 heterocycles. The molecule has 1 aromatic heterocycles. The molecule has 184 valence electrons. The van der Waals surface area contributed by atoms with Crippen LogP contribution in [-0.4, -0.2) is 53.9 Å². The lowest BCUT2D eigenvalue weighted by Gasteiger charge is -2.39. The van der Waals surface area contributed by atoms with Crippen LogP contribution in [0.25, 0.3) is 0 Å². The van der Waals surface area contributed by atoms with E-state index in [1.165, 1.54) is 42.7 Å². The number of hydrogen-bond acceptors (Lipinski definition) is 6. The number of anilines is 1. The van der Waals surface area contributed by atoms with Crippen molar-refractivity contribution in [3.63, 3.8) is 0 Å². The molecule has 0 bridgehead atoms. The monoisotopic (exact) mass is 490 g/mol. The van der Waals surface area contributed by atoms with E-state index in [4.69, 9.17) is 4.74 Å². The van der Waals surface area contributed by atoms with E-state index in [1.54, 1.807) is 16.5 Å². The molecular formula is C24H31FN4O4S. The van der Waals surface area contributed by atoms with Crippen molar-refractivity contribution in [2.75, 3.05) is 25.6 Å². The molecular weight excluding hydrogens is 459 g/mol. The molecule has 10 heteroatoms. The van der Waals surface area contributed by atoms with Gasteiger partial charge in [0, 0.05) is 44.1 Å². The van der Waals surface area contributed by atoms with E-state index >= 15 is 0 Å². The SMILES string of the molecule is COCCNC(=O)[C@@H](c1ccc(F)cc1)N(C(=O)CCC(=O)Nc1nccs1)C1CCCCC1. The molecule has 1 aliphatic carbocycles. The Hall–Kier alpha value is -2.85. The Kier molecular flexibility index (Phi) is 9.96. The Bertz CT molecular complexity index is 933. The summed E-state index contributed by atoms with van der Waals surface area (Å²) in [4.78, 5) is 44.8. The van der Waals surface area contributed by atoms with Crippen LogP contribution in [0.5, 0.6) is 0 Å². The largest absolute Gasteiger partial charge is 0.383 e. The number of thiazole rings is 1. The molecule has 2 aromatic rings. The number of methoxy groups -OCH3 is 1. The summed E-state index contributed by atoms with van der Waals surface area (Å²) >= 11 is 1.30. The van der Waals surface area contributed by atoms with Crippen molar-refractivity contribution in [3.05, 3.63) is 47.2 Å². The number of nitrogens with zero attached hydrogens (tertiary/aromatic N) is 2. The molecule has 1 aromatic carbocycles. The fraction of sp³-hybridized carbons (Fsp3) is 0.500. The van der Waals surface area contributed by atoms with Crippen molar-refractivity contribution in [1.29, 1.82) is 0 Å². The first-order valence-corrected chi connectivity index (χ1v) is 12.4. The maximum absolute atomic E-state index is 13.6. The summed E-state index contributed by atoms with van der Waals surface area (Å²) < 4.78 is 18.7. The van der Waals surface area contributed by atoms with Crippen LogP contribution in [-0.2, 0) is 19.1 Å². The summed E-state index contributed by atoms with van der Waals surface area (Å²) in [5, 5.41) is 7.74. The standard InChI is InChI=1S/C24H31FN4O4S/c1-33-15-13-26-23(32)22(17-7-9-18(25)10-8-17)29(19-5-3-2-4-6-19)21(31)12-11-20(30)28-24-27-14-16-34-24/h7-10,14,16,19,22H,2-6,11-13,15H2,1H3,(H,26,32)(H,27,28,30)/t22-/m1/s1. The maximum Gasteiger partial charge on any atom is 0.247 e. The van der Waals surface area contributed by atoms with E-state index in [0.717, 1.165) is 32.1 Å². The van der Waals surface area contributed by atoms with Gasteiger partial charge in [0.05, 0.1) is 6.61 Å². The summed E-state index contributed by atoms with van der Waals surface area (Å²) in [5.41, 5.74) is 0.530. The van der Waals surface area contributed by atoms with Crippen molar-refractivity contribution < 1.29 is 23.5 Å². The van der Waals surface area contributed by atoms with Gasteiger partial charge in [0.25, 0.3) is 0 Å². The quantitative estimate of drug-likeness (QED) is 0.468. The van der Waals surface area contributed by atoms with E-state index in [0.29, 0.717) is 17.3 Å². The van der Waals surface area contributed by atoms with Crippen LogP contribution in [0.3, 0.4) is 0 Å². The lowest BCUT2D eigenvalue weighted by Crippen LogP contribution is -2.49. The zero-order valence-electron chi connectivity index (χ0n) is 19.3. The topological polar surface area (TPSA) is 101 Å². The minimum absolute atomic E-state index is 0.0247. The van der Waals surface area contributed by atoms with Gasteiger partial charge in [-0.15, -0.1) is 11.3 Å². The van der Waals surface area contributed by atoms with Gasteiger partial charge in [0.15, 0.2) is 5.13 Å². The second-order valence-electron chi connectivity index (χ2n) is 8.22. The summed E-state index contributed by atoms with van der Waals surface area (Å²) in [6, 6.07) is 4.59. The second-order valence-corrected chi connectivity index (χ2v) is 9.11. The van der Waals surface area contributed by atoms with Gasteiger partial charge < -0.3 is 20.3 Å². The Labute approximate surface area is 202 Å². The fourth-order valence-electron chi connectivity index (χ4n) is 4.19. The van der Waals surface area contributed by atoms with Gasteiger partial charge in [-0.05, 0) is 30.5 Å². The van der Waals surface area contributed by atoms with Crippen LogP contribution in [0.2, 0.25) is 0 Å². The summed E-state index contributed by atoms with van der Waals surface area (Å²) in [6.45, 7) is 0.617. The van der Waals surface area contributed by atoms with Gasteiger partial charge in [-0.25, -0.2) is 9.37 Å². The van der Waals surface area contributed by atoms with Crippen molar-refractivity contribution in [2.45, 2.75) is 57.0 Å². The number of rotatable bonds is 11. The number of nitrogens with one attached hydrogen (secondary N) is 2. The average molecular weight is 491 g/mol. The fourth-order valence-corrected chi connectivity index (χ4v) is 4.74. The molecule has 0 unspecified atom stereocenters. The Morgan fingerprint density at radius 3 is 2.56 bits per heavy atom. The molecule has 8 nitrogen and oxygen atoms in total. The highest BCUT2D eigenvalue weighted by Gasteiger charge is 2.36. The van der Waals surface area contributed by atoms with E-state index in [9.17, 15) is 18.8 Å². The second kappa shape index (κ2) is 13.1. The third-order valence-corrected chi connectivity index (χ3v) is 6.51. The maximum atomic E-state index is 13.6. The number of carbonyl (C=O) groups excluding carboxylic acids is 3. The Balaban J connectivity index is 1.82. The van der Waals surface area contributed by atoms with Crippen LogP contribution in [0.1, 0.15) is 56.6 Å². The first-order valence-electron chi connectivity index (χ1n) is 11.5. The van der Waals surface area contributed by atoms with E-state index in [2.05, 4.69) is 15.6 Å². The van der Waals surface area contributed by atoms with E-state index in [-0.39, 0.29) is 43.1 Å². The molecule has 0 aliphatic heterocycles. The number of carbonyl (C=O) groups is 3. The van der Waals surface area contributed by atoms with Crippen LogP contribution >= 0.6 is 11.3 Å². The third-order valence-electron chi connectivity index (χ3n) is 5.82. The van der Waals surface area contributed by atoms with Crippen molar-refractivity contribution >= 4 is 34.2 Å². The molecule has 3 amide bonds. The van der Waals surface area contributed by atoms with Gasteiger partial charge in [0.1, 0.15) is 11.9 Å². The number of aromatic nitrogens is 1. The van der Waals surface area contributed by atoms with E-state index < -0.39 is 11.9 Å². The van der Waals surface area contributed by atoms with Crippen LogP contribution in [0.15, 0.2) is 35.8 Å². The smallest absolute Gasteiger partial charge is 0.247 e. The van der Waals surface area contributed by atoms with Crippen molar-refractivity contribution in [2.24, 2.45) is 0 Å². The van der Waals surface area contributed by atoms with Crippen LogP contribution < -0.4 is 10.6 Å². The molecule has 0 radical (unpaired) electrons. The predicted octanol–water partition coefficient (Wildman–Crippen LogP) is 3.67. The van der Waals surface area contributed by atoms with Crippen molar-refractivity contribution in [1.82, 2.24) is 15.2 Å². The zero-order chi connectivity index (χ0) is 24.3. The number of hydrogen-bond donors (Lipinski definition) is 2. The van der Waals surface area contributed by atoms with Crippen LogP contribution in [0, 0.1) is 5.82 Å². The first kappa shape index (κ1) is 25.8.